The standard InChI is InChI=1S/C15H10Cl2N2O/c16-11-6-5-10(13(17)7-11)9-19-14-4-2-1-3-12(14)15(20)8-18-19/h1-8H,9H2. The van der Waals surface area contributed by atoms with Gasteiger partial charge in [0.15, 0.2) is 0 Å². The summed E-state index contributed by atoms with van der Waals surface area (Å²) in [5.41, 5.74) is 1.60. The zero-order valence-electron chi connectivity index (χ0n) is 10.4. The maximum absolute atomic E-state index is 11.8. The molecule has 0 unspecified atom stereocenters. The van der Waals surface area contributed by atoms with Crippen molar-refractivity contribution in [2.45, 2.75) is 6.54 Å². The summed E-state index contributed by atoms with van der Waals surface area (Å²) in [6.07, 6.45) is 1.33. The molecule has 1 aromatic heterocycles. The van der Waals surface area contributed by atoms with Gasteiger partial charge < -0.3 is 0 Å². The Labute approximate surface area is 125 Å². The van der Waals surface area contributed by atoms with Gasteiger partial charge in [-0.2, -0.15) is 5.10 Å². The van der Waals surface area contributed by atoms with Gasteiger partial charge in [-0.15, -0.1) is 0 Å². The van der Waals surface area contributed by atoms with Crippen molar-refractivity contribution >= 4 is 34.1 Å². The predicted octanol–water partition coefficient (Wildman–Crippen LogP) is 3.75. The molecule has 100 valence electrons. The van der Waals surface area contributed by atoms with E-state index in [9.17, 15) is 4.79 Å². The lowest BCUT2D eigenvalue weighted by atomic mass is 10.2. The fraction of sp³-hybridized carbons (Fsp3) is 0.0667. The first-order valence-corrected chi connectivity index (χ1v) is 6.79. The van der Waals surface area contributed by atoms with Crippen LogP contribution in [0.4, 0.5) is 0 Å². The highest BCUT2D eigenvalue weighted by molar-refractivity contribution is 6.35. The highest BCUT2D eigenvalue weighted by Crippen LogP contribution is 2.22. The second-order valence-corrected chi connectivity index (χ2v) is 5.26. The third-order valence-electron chi connectivity index (χ3n) is 3.10. The van der Waals surface area contributed by atoms with Gasteiger partial charge in [-0.1, -0.05) is 41.4 Å². The maximum atomic E-state index is 11.8. The lowest BCUT2D eigenvalue weighted by Gasteiger charge is -2.10. The molecule has 0 amide bonds. The molecule has 1 heterocycles. The minimum Gasteiger partial charge on any atom is -0.287 e. The summed E-state index contributed by atoms with van der Waals surface area (Å²) in [5.74, 6) is 0. The zero-order chi connectivity index (χ0) is 14.1. The fourth-order valence-electron chi connectivity index (χ4n) is 2.10. The molecule has 0 radical (unpaired) electrons. The Morgan fingerprint density at radius 1 is 1.10 bits per heavy atom. The highest BCUT2D eigenvalue weighted by Gasteiger charge is 2.06. The summed E-state index contributed by atoms with van der Waals surface area (Å²) in [6.45, 7) is 0.483. The number of rotatable bonds is 2. The van der Waals surface area contributed by atoms with E-state index in [2.05, 4.69) is 5.10 Å². The van der Waals surface area contributed by atoms with E-state index < -0.39 is 0 Å². The quantitative estimate of drug-likeness (QED) is 0.722. The Bertz CT molecular complexity index is 843. The summed E-state index contributed by atoms with van der Waals surface area (Å²) in [6, 6.07) is 12.7. The van der Waals surface area contributed by atoms with Crippen molar-refractivity contribution < 1.29 is 0 Å². The van der Waals surface area contributed by atoms with Crippen LogP contribution in [0.15, 0.2) is 53.5 Å². The van der Waals surface area contributed by atoms with Crippen LogP contribution in [0.1, 0.15) is 5.56 Å². The largest absolute Gasteiger partial charge is 0.287 e. The third kappa shape index (κ3) is 2.42. The molecule has 0 aliphatic heterocycles. The van der Waals surface area contributed by atoms with Crippen LogP contribution >= 0.6 is 23.2 Å². The summed E-state index contributed by atoms with van der Waals surface area (Å²) >= 11 is 12.1. The van der Waals surface area contributed by atoms with Gasteiger partial charge in [0.25, 0.3) is 0 Å². The second-order valence-electron chi connectivity index (χ2n) is 4.42. The number of hydrogen-bond donors (Lipinski definition) is 0. The molecule has 0 bridgehead atoms. The molecule has 0 aliphatic rings. The fourth-order valence-corrected chi connectivity index (χ4v) is 2.57. The van der Waals surface area contributed by atoms with E-state index >= 15 is 0 Å². The minimum atomic E-state index is -0.0842. The van der Waals surface area contributed by atoms with Crippen molar-refractivity contribution in [2.24, 2.45) is 0 Å². The Kier molecular flexibility index (Phi) is 3.47. The number of benzene rings is 2. The van der Waals surface area contributed by atoms with Crippen LogP contribution in [-0.2, 0) is 6.54 Å². The van der Waals surface area contributed by atoms with E-state index in [4.69, 9.17) is 23.2 Å². The van der Waals surface area contributed by atoms with Gasteiger partial charge in [0.1, 0.15) is 0 Å². The van der Waals surface area contributed by atoms with Crippen molar-refractivity contribution in [3.8, 4) is 0 Å². The van der Waals surface area contributed by atoms with Gasteiger partial charge in [-0.05, 0) is 29.8 Å². The molecule has 0 aliphatic carbocycles. The Morgan fingerprint density at radius 3 is 2.70 bits per heavy atom. The molecule has 0 spiro atoms. The van der Waals surface area contributed by atoms with Crippen LogP contribution in [0.25, 0.3) is 10.9 Å². The van der Waals surface area contributed by atoms with E-state index in [0.717, 1.165) is 11.1 Å². The molecule has 3 nitrogen and oxygen atoms in total. The summed E-state index contributed by atoms with van der Waals surface area (Å²) < 4.78 is 1.76. The van der Waals surface area contributed by atoms with E-state index in [1.54, 1.807) is 22.9 Å². The predicted molar refractivity (Wildman–Crippen MR) is 81.6 cm³/mol. The Balaban J connectivity index is 2.11. The van der Waals surface area contributed by atoms with Crippen LogP contribution < -0.4 is 5.43 Å². The average Bonchev–Trinajstić information content (AvgIpc) is 2.45. The van der Waals surface area contributed by atoms with Gasteiger partial charge in [-0.3, -0.25) is 9.48 Å². The van der Waals surface area contributed by atoms with Crippen molar-refractivity contribution in [1.82, 2.24) is 9.78 Å². The van der Waals surface area contributed by atoms with Crippen LogP contribution in [-0.4, -0.2) is 9.78 Å². The molecule has 0 fully saturated rings. The number of fused-ring (bicyclic) bond motifs is 1. The summed E-state index contributed by atoms with van der Waals surface area (Å²) in [7, 11) is 0. The lowest BCUT2D eigenvalue weighted by Crippen LogP contribution is -2.13. The first-order chi connectivity index (χ1) is 9.65. The van der Waals surface area contributed by atoms with Gasteiger partial charge in [0.05, 0.1) is 18.3 Å². The van der Waals surface area contributed by atoms with Crippen molar-refractivity contribution in [3.05, 3.63) is 74.5 Å². The van der Waals surface area contributed by atoms with Gasteiger partial charge in [-0.25, -0.2) is 0 Å². The lowest BCUT2D eigenvalue weighted by molar-refractivity contribution is 0.695. The van der Waals surface area contributed by atoms with Crippen LogP contribution in [0.3, 0.4) is 0 Å². The minimum absolute atomic E-state index is 0.0842. The molecule has 3 rings (SSSR count). The maximum Gasteiger partial charge on any atom is 0.207 e. The molecule has 0 saturated carbocycles. The molecular weight excluding hydrogens is 295 g/mol. The zero-order valence-corrected chi connectivity index (χ0v) is 11.9. The number of halogens is 2. The molecule has 5 heteroatoms. The van der Waals surface area contributed by atoms with Gasteiger partial charge >= 0.3 is 0 Å². The van der Waals surface area contributed by atoms with Crippen molar-refractivity contribution in [3.63, 3.8) is 0 Å². The molecule has 2 aromatic carbocycles. The molecule has 3 aromatic rings. The average molecular weight is 305 g/mol. The topological polar surface area (TPSA) is 34.9 Å². The SMILES string of the molecule is O=c1cnn(Cc2ccc(Cl)cc2Cl)c2ccccc12. The van der Waals surface area contributed by atoms with E-state index in [0.29, 0.717) is 22.0 Å². The van der Waals surface area contributed by atoms with Crippen LogP contribution in [0.5, 0.6) is 0 Å². The van der Waals surface area contributed by atoms with E-state index in [1.165, 1.54) is 6.20 Å². The third-order valence-corrected chi connectivity index (χ3v) is 3.68. The smallest absolute Gasteiger partial charge is 0.207 e. The van der Waals surface area contributed by atoms with Crippen molar-refractivity contribution in [1.29, 1.82) is 0 Å². The normalized spacial score (nSPS) is 10.9. The first kappa shape index (κ1) is 13.2. The number of nitrogens with zero attached hydrogens (tertiary/aromatic N) is 2. The molecule has 20 heavy (non-hydrogen) atoms. The summed E-state index contributed by atoms with van der Waals surface area (Å²) in [4.78, 5) is 11.8. The Morgan fingerprint density at radius 2 is 1.90 bits per heavy atom. The summed E-state index contributed by atoms with van der Waals surface area (Å²) in [5, 5.41) is 6.00. The highest BCUT2D eigenvalue weighted by atomic mass is 35.5. The van der Waals surface area contributed by atoms with Crippen molar-refractivity contribution in [2.75, 3.05) is 0 Å². The molecule has 0 saturated heterocycles. The number of para-hydroxylation sites is 1. The second kappa shape index (κ2) is 5.27. The molecule has 0 N–H and O–H groups in total. The first-order valence-electron chi connectivity index (χ1n) is 6.04. The van der Waals surface area contributed by atoms with Crippen LogP contribution in [0, 0.1) is 0 Å². The van der Waals surface area contributed by atoms with Crippen LogP contribution in [0.2, 0.25) is 10.0 Å². The van der Waals surface area contributed by atoms with Gasteiger partial charge in [0, 0.05) is 15.4 Å². The Hall–Kier alpha value is -1.84. The number of aromatic nitrogens is 2. The van der Waals surface area contributed by atoms with E-state index in [1.807, 2.05) is 24.3 Å². The van der Waals surface area contributed by atoms with E-state index in [-0.39, 0.29) is 5.43 Å². The monoisotopic (exact) mass is 304 g/mol. The van der Waals surface area contributed by atoms with Gasteiger partial charge in [0.2, 0.25) is 5.43 Å². The number of hydrogen-bond acceptors (Lipinski definition) is 2. The molecule has 0 atom stereocenters. The molecular formula is C15H10Cl2N2O.